The van der Waals surface area contributed by atoms with Crippen molar-refractivity contribution >= 4 is 17.4 Å². The first-order valence-electron chi connectivity index (χ1n) is 10.9. The SMILES string of the molecule is O=C(Nc1ccc(N2CCCN(Cc3ccccc3F)CC2)nc1)c1cccc(C(F)(F)F)c1. The highest BCUT2D eigenvalue weighted by Gasteiger charge is 2.31. The maximum Gasteiger partial charge on any atom is 0.416 e. The molecule has 1 amide bonds. The second kappa shape index (κ2) is 10.2. The Kier molecular flexibility index (Phi) is 7.12. The van der Waals surface area contributed by atoms with Crippen LogP contribution in [0.25, 0.3) is 0 Å². The number of alkyl halides is 3. The molecule has 4 rings (SSSR count). The lowest BCUT2D eigenvalue weighted by Gasteiger charge is -2.23. The predicted octanol–water partition coefficient (Wildman–Crippen LogP) is 5.20. The highest BCUT2D eigenvalue weighted by atomic mass is 19.4. The number of anilines is 2. The number of benzene rings is 2. The minimum absolute atomic E-state index is 0.0821. The number of hydrogen-bond acceptors (Lipinski definition) is 4. The second-order valence-corrected chi connectivity index (χ2v) is 8.15. The Balaban J connectivity index is 1.35. The van der Waals surface area contributed by atoms with E-state index < -0.39 is 17.6 Å². The Morgan fingerprint density at radius 2 is 1.79 bits per heavy atom. The molecule has 0 unspecified atom stereocenters. The van der Waals surface area contributed by atoms with Crippen molar-refractivity contribution in [2.75, 3.05) is 36.4 Å². The van der Waals surface area contributed by atoms with Crippen LogP contribution in [0.5, 0.6) is 0 Å². The second-order valence-electron chi connectivity index (χ2n) is 8.15. The van der Waals surface area contributed by atoms with E-state index >= 15 is 0 Å². The Morgan fingerprint density at radius 1 is 0.971 bits per heavy atom. The summed E-state index contributed by atoms with van der Waals surface area (Å²) in [6.45, 7) is 3.66. The fourth-order valence-corrected chi connectivity index (χ4v) is 3.91. The molecule has 1 fully saturated rings. The smallest absolute Gasteiger partial charge is 0.355 e. The zero-order chi connectivity index (χ0) is 24.1. The number of amides is 1. The zero-order valence-corrected chi connectivity index (χ0v) is 18.4. The highest BCUT2D eigenvalue weighted by Crippen LogP contribution is 2.29. The summed E-state index contributed by atoms with van der Waals surface area (Å²) < 4.78 is 52.6. The van der Waals surface area contributed by atoms with Gasteiger partial charge in [-0.15, -0.1) is 0 Å². The fraction of sp³-hybridized carbons (Fsp3) is 0.280. The summed E-state index contributed by atoms with van der Waals surface area (Å²) >= 11 is 0. The average Bonchev–Trinajstić information content (AvgIpc) is 3.06. The summed E-state index contributed by atoms with van der Waals surface area (Å²) in [6, 6.07) is 14.5. The molecule has 1 N–H and O–H groups in total. The van der Waals surface area contributed by atoms with Crippen molar-refractivity contribution in [1.29, 1.82) is 0 Å². The van der Waals surface area contributed by atoms with Gasteiger partial charge in [0.15, 0.2) is 0 Å². The molecule has 9 heteroatoms. The number of carbonyl (C=O) groups excluding carboxylic acids is 1. The number of rotatable bonds is 5. The van der Waals surface area contributed by atoms with Crippen LogP contribution in [0.3, 0.4) is 0 Å². The highest BCUT2D eigenvalue weighted by molar-refractivity contribution is 6.04. The summed E-state index contributed by atoms with van der Waals surface area (Å²) in [6.07, 6.45) is -2.13. The minimum Gasteiger partial charge on any atom is -0.355 e. The van der Waals surface area contributed by atoms with E-state index in [0.717, 1.165) is 50.6 Å². The maximum atomic E-state index is 14.0. The number of hydrogen-bond donors (Lipinski definition) is 1. The van der Waals surface area contributed by atoms with Crippen molar-refractivity contribution in [3.63, 3.8) is 0 Å². The third-order valence-electron chi connectivity index (χ3n) is 5.72. The van der Waals surface area contributed by atoms with Crippen molar-refractivity contribution in [3.05, 3.63) is 89.4 Å². The van der Waals surface area contributed by atoms with Gasteiger partial charge in [0.2, 0.25) is 0 Å². The van der Waals surface area contributed by atoms with Crippen LogP contribution < -0.4 is 10.2 Å². The molecular weight excluding hydrogens is 448 g/mol. The summed E-state index contributed by atoms with van der Waals surface area (Å²) in [4.78, 5) is 21.1. The van der Waals surface area contributed by atoms with Crippen LogP contribution in [0.1, 0.15) is 27.9 Å². The molecule has 1 aliphatic rings. The third-order valence-corrected chi connectivity index (χ3v) is 5.72. The molecule has 0 spiro atoms. The number of halogens is 4. The van der Waals surface area contributed by atoms with Crippen LogP contribution in [-0.4, -0.2) is 42.0 Å². The average molecular weight is 472 g/mol. The molecule has 178 valence electrons. The van der Waals surface area contributed by atoms with Gasteiger partial charge >= 0.3 is 6.18 Å². The largest absolute Gasteiger partial charge is 0.416 e. The van der Waals surface area contributed by atoms with Gasteiger partial charge in [-0.2, -0.15) is 13.2 Å². The van der Waals surface area contributed by atoms with Crippen LogP contribution in [0.15, 0.2) is 66.9 Å². The summed E-state index contributed by atoms with van der Waals surface area (Å²) in [7, 11) is 0. The molecule has 0 bridgehead atoms. The molecule has 2 heterocycles. The van der Waals surface area contributed by atoms with Crippen LogP contribution in [0.2, 0.25) is 0 Å². The topological polar surface area (TPSA) is 48.5 Å². The van der Waals surface area contributed by atoms with E-state index in [0.29, 0.717) is 17.8 Å². The Bertz CT molecular complexity index is 1130. The predicted molar refractivity (Wildman–Crippen MR) is 122 cm³/mol. The monoisotopic (exact) mass is 472 g/mol. The molecule has 2 aromatic carbocycles. The van der Waals surface area contributed by atoms with Crippen molar-refractivity contribution < 1.29 is 22.4 Å². The number of nitrogens with zero attached hydrogens (tertiary/aromatic N) is 3. The quantitative estimate of drug-likeness (QED) is 0.519. The number of carbonyl (C=O) groups is 1. The van der Waals surface area contributed by atoms with Gasteiger partial charge in [0.05, 0.1) is 17.4 Å². The number of pyridine rings is 1. The van der Waals surface area contributed by atoms with Gasteiger partial charge in [-0.1, -0.05) is 24.3 Å². The van der Waals surface area contributed by atoms with Gasteiger partial charge < -0.3 is 10.2 Å². The van der Waals surface area contributed by atoms with Gasteiger partial charge in [0.25, 0.3) is 5.91 Å². The fourth-order valence-electron chi connectivity index (χ4n) is 3.91. The lowest BCUT2D eigenvalue weighted by molar-refractivity contribution is -0.137. The van der Waals surface area contributed by atoms with E-state index in [4.69, 9.17) is 0 Å². The van der Waals surface area contributed by atoms with E-state index in [9.17, 15) is 22.4 Å². The maximum absolute atomic E-state index is 14.0. The van der Waals surface area contributed by atoms with Crippen LogP contribution >= 0.6 is 0 Å². The van der Waals surface area contributed by atoms with E-state index in [1.54, 1.807) is 24.3 Å². The van der Waals surface area contributed by atoms with E-state index in [1.807, 2.05) is 6.07 Å². The Labute approximate surface area is 195 Å². The summed E-state index contributed by atoms with van der Waals surface area (Å²) in [5.74, 6) is -0.0999. The first-order chi connectivity index (χ1) is 16.3. The molecule has 1 aromatic heterocycles. The van der Waals surface area contributed by atoms with Gasteiger partial charge in [-0.05, 0) is 42.8 Å². The number of aromatic nitrogens is 1. The van der Waals surface area contributed by atoms with E-state index in [2.05, 4.69) is 20.1 Å². The van der Waals surface area contributed by atoms with E-state index in [-0.39, 0.29) is 11.4 Å². The zero-order valence-electron chi connectivity index (χ0n) is 18.4. The molecule has 1 aliphatic heterocycles. The first-order valence-corrected chi connectivity index (χ1v) is 10.9. The first kappa shape index (κ1) is 23.7. The van der Waals surface area contributed by atoms with E-state index in [1.165, 1.54) is 24.4 Å². The van der Waals surface area contributed by atoms with Crippen LogP contribution in [0, 0.1) is 5.82 Å². The van der Waals surface area contributed by atoms with Crippen molar-refractivity contribution in [2.45, 2.75) is 19.1 Å². The molecule has 1 saturated heterocycles. The van der Waals surface area contributed by atoms with Crippen LogP contribution in [-0.2, 0) is 12.7 Å². The van der Waals surface area contributed by atoms with Crippen molar-refractivity contribution in [2.24, 2.45) is 0 Å². The molecule has 34 heavy (non-hydrogen) atoms. The normalized spacial score (nSPS) is 15.1. The van der Waals surface area contributed by atoms with Gasteiger partial charge in [0, 0.05) is 43.9 Å². The molecule has 5 nitrogen and oxygen atoms in total. The van der Waals surface area contributed by atoms with Gasteiger partial charge in [-0.25, -0.2) is 9.37 Å². The standard InChI is InChI=1S/C25H24F4N4O/c26-22-8-2-1-5-19(22)17-32-11-4-12-33(14-13-32)23-10-9-21(16-30-23)31-24(34)18-6-3-7-20(15-18)25(27,28)29/h1-3,5-10,15-16H,4,11-14,17H2,(H,31,34). The summed E-state index contributed by atoms with van der Waals surface area (Å²) in [5.41, 5.74) is 0.109. The number of nitrogens with one attached hydrogen (secondary N) is 1. The molecule has 3 aromatic rings. The molecule has 0 atom stereocenters. The van der Waals surface area contributed by atoms with Gasteiger partial charge in [0.1, 0.15) is 11.6 Å². The van der Waals surface area contributed by atoms with Crippen molar-refractivity contribution in [3.8, 4) is 0 Å². The Morgan fingerprint density at radius 3 is 2.53 bits per heavy atom. The molecular formula is C25H24F4N4O. The Hall–Kier alpha value is -3.46. The molecule has 0 saturated carbocycles. The lowest BCUT2D eigenvalue weighted by Crippen LogP contribution is -2.31. The molecule has 0 aliphatic carbocycles. The van der Waals surface area contributed by atoms with Gasteiger partial charge in [-0.3, -0.25) is 9.69 Å². The van der Waals surface area contributed by atoms with Crippen molar-refractivity contribution in [1.82, 2.24) is 9.88 Å². The minimum atomic E-state index is -4.52. The summed E-state index contributed by atoms with van der Waals surface area (Å²) in [5, 5.41) is 2.59. The van der Waals surface area contributed by atoms with Crippen LogP contribution in [0.4, 0.5) is 29.1 Å². The lowest BCUT2D eigenvalue weighted by atomic mass is 10.1. The molecule has 0 radical (unpaired) electrons. The third kappa shape index (κ3) is 5.91.